The van der Waals surface area contributed by atoms with Gasteiger partial charge in [0.1, 0.15) is 0 Å². The Hall–Kier alpha value is -2.07. The molecule has 0 atom stereocenters. The second kappa shape index (κ2) is 5.86. The van der Waals surface area contributed by atoms with E-state index >= 15 is 0 Å². The fourth-order valence-electron chi connectivity index (χ4n) is 0.982. The maximum Gasteiger partial charge on any atom is 0.405 e. The van der Waals surface area contributed by atoms with Crippen LogP contribution >= 0.6 is 15.9 Å². The van der Waals surface area contributed by atoms with Crippen LogP contribution in [0, 0.1) is 22.0 Å². The van der Waals surface area contributed by atoms with Crippen LogP contribution in [0.2, 0.25) is 0 Å². The first kappa shape index (κ1) is 13.0. The lowest BCUT2D eigenvalue weighted by Gasteiger charge is -1.96. The van der Waals surface area contributed by atoms with Gasteiger partial charge >= 0.3 is 6.09 Å². The number of benzene rings is 1. The number of hydrogen-bond donors (Lipinski definition) is 2. The van der Waals surface area contributed by atoms with E-state index in [1.54, 1.807) is 0 Å². The van der Waals surface area contributed by atoms with E-state index in [0.29, 0.717) is 10.0 Å². The SMILES string of the molecule is O=C(O)NCC#Cc1cc([N+](=O)[O-])ccc1Br. The molecule has 0 radical (unpaired) electrons. The molecule has 0 heterocycles. The first-order valence-electron chi connectivity index (χ1n) is 4.40. The highest BCUT2D eigenvalue weighted by atomic mass is 79.9. The average Bonchev–Trinajstić information content (AvgIpc) is 2.25. The maximum absolute atomic E-state index is 10.5. The van der Waals surface area contributed by atoms with Crippen LogP contribution < -0.4 is 5.32 Å². The Labute approximate surface area is 105 Å². The minimum atomic E-state index is -1.17. The molecule has 2 N–H and O–H groups in total. The van der Waals surface area contributed by atoms with Crippen molar-refractivity contribution in [1.29, 1.82) is 0 Å². The molecule has 1 aromatic rings. The number of nitrogens with one attached hydrogen (secondary N) is 1. The minimum absolute atomic E-state index is 0.0372. The third kappa shape index (κ3) is 4.12. The zero-order valence-electron chi connectivity index (χ0n) is 8.44. The lowest BCUT2D eigenvalue weighted by atomic mass is 10.2. The number of non-ortho nitro benzene ring substituents is 1. The summed E-state index contributed by atoms with van der Waals surface area (Å²) in [5, 5.41) is 20.9. The van der Waals surface area contributed by atoms with Crippen molar-refractivity contribution in [3.8, 4) is 11.8 Å². The summed E-state index contributed by atoms with van der Waals surface area (Å²) in [6.45, 7) is -0.0372. The Kier molecular flexibility index (Phi) is 4.48. The highest BCUT2D eigenvalue weighted by Crippen LogP contribution is 2.21. The average molecular weight is 299 g/mol. The number of rotatable bonds is 2. The van der Waals surface area contributed by atoms with Crippen LogP contribution in [-0.2, 0) is 0 Å². The predicted octanol–water partition coefficient (Wildman–Crippen LogP) is 1.98. The van der Waals surface area contributed by atoms with Crippen molar-refractivity contribution in [3.05, 3.63) is 38.3 Å². The van der Waals surface area contributed by atoms with Crippen molar-refractivity contribution >= 4 is 27.7 Å². The Morgan fingerprint density at radius 3 is 2.88 bits per heavy atom. The van der Waals surface area contributed by atoms with Gasteiger partial charge in [-0.2, -0.15) is 0 Å². The number of nitro groups is 1. The molecule has 88 valence electrons. The summed E-state index contributed by atoms with van der Waals surface area (Å²) >= 11 is 3.20. The zero-order valence-corrected chi connectivity index (χ0v) is 10.0. The van der Waals surface area contributed by atoms with Crippen LogP contribution in [0.25, 0.3) is 0 Å². The Morgan fingerprint density at radius 1 is 1.59 bits per heavy atom. The lowest BCUT2D eigenvalue weighted by molar-refractivity contribution is -0.384. The molecule has 1 amide bonds. The lowest BCUT2D eigenvalue weighted by Crippen LogP contribution is -2.20. The van der Waals surface area contributed by atoms with Gasteiger partial charge in [-0.1, -0.05) is 11.8 Å². The highest BCUT2D eigenvalue weighted by molar-refractivity contribution is 9.10. The van der Waals surface area contributed by atoms with E-state index in [1.807, 2.05) is 0 Å². The quantitative estimate of drug-likeness (QED) is 0.496. The number of nitrogens with zero attached hydrogens (tertiary/aromatic N) is 1. The number of carbonyl (C=O) groups is 1. The zero-order chi connectivity index (χ0) is 12.8. The third-order valence-corrected chi connectivity index (χ3v) is 2.40. The molecule has 0 unspecified atom stereocenters. The molecule has 0 bridgehead atoms. The van der Waals surface area contributed by atoms with Crippen LogP contribution in [0.5, 0.6) is 0 Å². The van der Waals surface area contributed by atoms with E-state index in [4.69, 9.17) is 5.11 Å². The molecule has 7 heteroatoms. The van der Waals surface area contributed by atoms with Gasteiger partial charge in [-0.3, -0.25) is 10.1 Å². The normalized spacial score (nSPS) is 9.00. The summed E-state index contributed by atoms with van der Waals surface area (Å²) < 4.78 is 0.617. The van der Waals surface area contributed by atoms with E-state index in [2.05, 4.69) is 33.1 Å². The van der Waals surface area contributed by atoms with Crippen molar-refractivity contribution in [2.45, 2.75) is 0 Å². The van der Waals surface area contributed by atoms with Gasteiger partial charge in [0.15, 0.2) is 0 Å². The van der Waals surface area contributed by atoms with Crippen LogP contribution in [0.1, 0.15) is 5.56 Å². The van der Waals surface area contributed by atoms with Crippen molar-refractivity contribution in [3.63, 3.8) is 0 Å². The van der Waals surface area contributed by atoms with Gasteiger partial charge in [0.25, 0.3) is 5.69 Å². The van der Waals surface area contributed by atoms with Gasteiger partial charge in [0, 0.05) is 22.2 Å². The molecule has 0 aliphatic heterocycles. The Balaban J connectivity index is 2.86. The minimum Gasteiger partial charge on any atom is -0.465 e. The Morgan fingerprint density at radius 2 is 2.29 bits per heavy atom. The Bertz CT molecular complexity index is 519. The summed E-state index contributed by atoms with van der Waals surface area (Å²) in [5.74, 6) is 5.18. The van der Waals surface area contributed by atoms with Crippen LogP contribution in [0.15, 0.2) is 22.7 Å². The van der Waals surface area contributed by atoms with Gasteiger partial charge in [-0.25, -0.2) is 4.79 Å². The molecular weight excluding hydrogens is 292 g/mol. The van der Waals surface area contributed by atoms with E-state index in [1.165, 1.54) is 18.2 Å². The van der Waals surface area contributed by atoms with Crippen molar-refractivity contribution in [2.75, 3.05) is 6.54 Å². The molecule has 0 saturated heterocycles. The van der Waals surface area contributed by atoms with Gasteiger partial charge in [-0.15, -0.1) is 0 Å². The molecule has 6 nitrogen and oxygen atoms in total. The first-order valence-corrected chi connectivity index (χ1v) is 5.19. The molecule has 0 aliphatic rings. The topological polar surface area (TPSA) is 92.5 Å². The van der Waals surface area contributed by atoms with Gasteiger partial charge in [0.05, 0.1) is 11.5 Å². The summed E-state index contributed by atoms with van der Waals surface area (Å²) in [4.78, 5) is 20.2. The van der Waals surface area contributed by atoms with Gasteiger partial charge in [-0.05, 0) is 22.0 Å². The summed E-state index contributed by atoms with van der Waals surface area (Å²) in [6, 6.07) is 4.19. The van der Waals surface area contributed by atoms with Gasteiger partial charge < -0.3 is 10.4 Å². The summed E-state index contributed by atoms with van der Waals surface area (Å²) in [7, 11) is 0. The van der Waals surface area contributed by atoms with Crippen LogP contribution in [-0.4, -0.2) is 22.7 Å². The summed E-state index contributed by atoms with van der Waals surface area (Å²) in [6.07, 6.45) is -1.17. The van der Waals surface area contributed by atoms with E-state index in [-0.39, 0.29) is 12.2 Å². The second-order valence-corrected chi connectivity index (χ2v) is 3.74. The van der Waals surface area contributed by atoms with Gasteiger partial charge in [0.2, 0.25) is 0 Å². The fraction of sp³-hybridized carbons (Fsp3) is 0.100. The molecular formula is C10H7BrN2O4. The third-order valence-electron chi connectivity index (χ3n) is 1.71. The van der Waals surface area contributed by atoms with E-state index < -0.39 is 11.0 Å². The number of halogens is 1. The largest absolute Gasteiger partial charge is 0.465 e. The second-order valence-electron chi connectivity index (χ2n) is 2.88. The van der Waals surface area contributed by atoms with E-state index in [9.17, 15) is 14.9 Å². The molecule has 0 saturated carbocycles. The number of amides is 1. The predicted molar refractivity (Wildman–Crippen MR) is 63.7 cm³/mol. The smallest absolute Gasteiger partial charge is 0.405 e. The molecule has 0 aliphatic carbocycles. The standard InChI is InChI=1S/C10H7BrN2O4/c11-9-4-3-8(13(16)17)6-7(9)2-1-5-12-10(14)15/h3-4,6,12H,5H2,(H,14,15). The molecule has 0 fully saturated rings. The van der Waals surface area contributed by atoms with Crippen LogP contribution in [0.3, 0.4) is 0 Å². The molecule has 17 heavy (non-hydrogen) atoms. The molecule has 0 aromatic heterocycles. The number of hydrogen-bond acceptors (Lipinski definition) is 3. The highest BCUT2D eigenvalue weighted by Gasteiger charge is 2.07. The van der Waals surface area contributed by atoms with E-state index in [0.717, 1.165) is 0 Å². The molecule has 0 spiro atoms. The monoisotopic (exact) mass is 298 g/mol. The summed E-state index contributed by atoms with van der Waals surface area (Å²) in [5.41, 5.74) is 0.370. The molecule has 1 aromatic carbocycles. The van der Waals surface area contributed by atoms with Crippen molar-refractivity contribution in [1.82, 2.24) is 5.32 Å². The number of carboxylic acid groups (broad SMARTS) is 1. The fourth-order valence-corrected chi connectivity index (χ4v) is 1.33. The van der Waals surface area contributed by atoms with Crippen molar-refractivity contribution in [2.24, 2.45) is 0 Å². The molecule has 1 rings (SSSR count). The maximum atomic E-state index is 10.5. The van der Waals surface area contributed by atoms with Crippen molar-refractivity contribution < 1.29 is 14.8 Å². The number of nitro benzene ring substituents is 1. The van der Waals surface area contributed by atoms with Crippen LogP contribution in [0.4, 0.5) is 10.5 Å². The first-order chi connectivity index (χ1) is 8.00.